The maximum Gasteiger partial charge on any atom is 0.0622 e. The topological polar surface area (TPSA) is 24.5 Å². The lowest BCUT2D eigenvalue weighted by Gasteiger charge is -2.55. The number of hydrogen-bond donors (Lipinski definition) is 1. The molecule has 0 aliphatic carbocycles. The van der Waals surface area contributed by atoms with E-state index in [0.29, 0.717) is 11.6 Å². The van der Waals surface area contributed by atoms with Crippen LogP contribution in [0.3, 0.4) is 0 Å². The maximum atomic E-state index is 5.63. The first-order valence-electron chi connectivity index (χ1n) is 7.68. The van der Waals surface area contributed by atoms with Gasteiger partial charge in [0.15, 0.2) is 0 Å². The van der Waals surface area contributed by atoms with Crippen molar-refractivity contribution in [1.29, 1.82) is 0 Å². The summed E-state index contributed by atoms with van der Waals surface area (Å²) in [6.45, 7) is 13.5. The average Bonchev–Trinajstić information content (AvgIpc) is 2.93. The fraction of sp³-hybridized carbons (Fsp3) is 1.00. The van der Waals surface area contributed by atoms with Crippen molar-refractivity contribution in [3.63, 3.8) is 0 Å². The zero-order valence-corrected chi connectivity index (χ0v) is 12.6. The molecule has 18 heavy (non-hydrogen) atoms. The van der Waals surface area contributed by atoms with Crippen molar-refractivity contribution in [2.45, 2.75) is 70.5 Å². The summed E-state index contributed by atoms with van der Waals surface area (Å²) in [6.07, 6.45) is 4.86. The van der Waals surface area contributed by atoms with Gasteiger partial charge < -0.3 is 10.1 Å². The molecule has 0 radical (unpaired) electrons. The van der Waals surface area contributed by atoms with Crippen LogP contribution in [-0.4, -0.2) is 48.3 Å². The van der Waals surface area contributed by atoms with Crippen molar-refractivity contribution >= 4 is 0 Å². The summed E-state index contributed by atoms with van der Waals surface area (Å²) in [5.41, 5.74) is 0.615. The summed E-state index contributed by atoms with van der Waals surface area (Å²) in [7, 11) is 0. The summed E-state index contributed by atoms with van der Waals surface area (Å²) < 4.78 is 5.63. The zero-order chi connectivity index (χ0) is 13.2. The van der Waals surface area contributed by atoms with Crippen LogP contribution in [0, 0.1) is 0 Å². The molecule has 0 spiro atoms. The minimum Gasteiger partial charge on any atom is -0.380 e. The third kappa shape index (κ3) is 2.45. The van der Waals surface area contributed by atoms with Crippen LogP contribution < -0.4 is 5.32 Å². The molecule has 2 fully saturated rings. The molecule has 106 valence electrons. The first-order valence-corrected chi connectivity index (χ1v) is 7.68. The Morgan fingerprint density at radius 3 is 2.44 bits per heavy atom. The molecule has 2 rings (SSSR count). The molecule has 0 bridgehead atoms. The fourth-order valence-corrected chi connectivity index (χ4v) is 3.51. The summed E-state index contributed by atoms with van der Waals surface area (Å²) in [5, 5.41) is 3.81. The third-order valence-electron chi connectivity index (χ3n) is 5.42. The Morgan fingerprint density at radius 1 is 1.22 bits per heavy atom. The van der Waals surface area contributed by atoms with Crippen LogP contribution in [0.25, 0.3) is 0 Å². The minimum atomic E-state index is 0.274. The average molecular weight is 254 g/mol. The van der Waals surface area contributed by atoms with Crippen molar-refractivity contribution in [2.75, 3.05) is 26.3 Å². The molecule has 3 nitrogen and oxygen atoms in total. The molecule has 2 heterocycles. The number of piperazine rings is 1. The van der Waals surface area contributed by atoms with E-state index >= 15 is 0 Å². The molecule has 1 N–H and O–H groups in total. The molecule has 2 unspecified atom stereocenters. The smallest absolute Gasteiger partial charge is 0.0622 e. The molecular formula is C15H30N2O. The molecular weight excluding hydrogens is 224 g/mol. The van der Waals surface area contributed by atoms with Crippen LogP contribution in [0.1, 0.15) is 53.4 Å². The predicted molar refractivity (Wildman–Crippen MR) is 75.9 cm³/mol. The second kappa shape index (κ2) is 5.48. The van der Waals surface area contributed by atoms with Crippen molar-refractivity contribution in [3.8, 4) is 0 Å². The Morgan fingerprint density at radius 2 is 1.94 bits per heavy atom. The Labute approximate surface area is 112 Å². The van der Waals surface area contributed by atoms with Gasteiger partial charge in [0, 0.05) is 36.8 Å². The van der Waals surface area contributed by atoms with Gasteiger partial charge in [-0.25, -0.2) is 0 Å². The van der Waals surface area contributed by atoms with Crippen molar-refractivity contribution in [2.24, 2.45) is 0 Å². The van der Waals surface area contributed by atoms with Crippen molar-refractivity contribution < 1.29 is 4.74 Å². The molecule has 2 aliphatic heterocycles. The lowest BCUT2D eigenvalue weighted by molar-refractivity contribution is -0.0314. The maximum absolute atomic E-state index is 5.63. The predicted octanol–water partition coefficient (Wildman–Crippen LogP) is 2.41. The highest BCUT2D eigenvalue weighted by molar-refractivity contribution is 5.04. The zero-order valence-electron chi connectivity index (χ0n) is 12.6. The van der Waals surface area contributed by atoms with Gasteiger partial charge >= 0.3 is 0 Å². The van der Waals surface area contributed by atoms with Gasteiger partial charge in [0.2, 0.25) is 0 Å². The van der Waals surface area contributed by atoms with Gasteiger partial charge in [0.05, 0.1) is 6.61 Å². The third-order valence-corrected chi connectivity index (χ3v) is 5.42. The monoisotopic (exact) mass is 254 g/mol. The number of nitrogens with one attached hydrogen (secondary N) is 1. The van der Waals surface area contributed by atoms with E-state index in [1.165, 1.54) is 32.2 Å². The van der Waals surface area contributed by atoms with E-state index in [4.69, 9.17) is 4.74 Å². The van der Waals surface area contributed by atoms with Crippen LogP contribution in [0.15, 0.2) is 0 Å². The number of ether oxygens (including phenoxy) is 1. The molecule has 0 aromatic carbocycles. The first kappa shape index (κ1) is 14.3. The molecule has 0 aromatic rings. The number of hydrogen-bond acceptors (Lipinski definition) is 3. The van der Waals surface area contributed by atoms with E-state index in [9.17, 15) is 0 Å². The minimum absolute atomic E-state index is 0.274. The molecule has 3 heteroatoms. The van der Waals surface area contributed by atoms with Crippen molar-refractivity contribution in [3.05, 3.63) is 0 Å². The van der Waals surface area contributed by atoms with Gasteiger partial charge in [-0.15, -0.1) is 0 Å². The van der Waals surface area contributed by atoms with Gasteiger partial charge in [-0.2, -0.15) is 0 Å². The van der Waals surface area contributed by atoms with Crippen LogP contribution in [0.2, 0.25) is 0 Å². The quantitative estimate of drug-likeness (QED) is 0.834. The second-order valence-electron chi connectivity index (χ2n) is 6.34. The largest absolute Gasteiger partial charge is 0.380 e. The molecule has 0 saturated carbocycles. The second-order valence-corrected chi connectivity index (χ2v) is 6.34. The number of rotatable bonds is 4. The van der Waals surface area contributed by atoms with Gasteiger partial charge in [-0.3, -0.25) is 4.90 Å². The molecule has 2 atom stereocenters. The Kier molecular flexibility index (Phi) is 4.35. The van der Waals surface area contributed by atoms with Crippen LogP contribution >= 0.6 is 0 Å². The van der Waals surface area contributed by atoms with Gasteiger partial charge in [0.1, 0.15) is 0 Å². The van der Waals surface area contributed by atoms with Gasteiger partial charge in [-0.05, 0) is 32.6 Å². The summed E-state index contributed by atoms with van der Waals surface area (Å²) >= 11 is 0. The summed E-state index contributed by atoms with van der Waals surface area (Å²) in [6, 6.07) is 0.637. The highest BCUT2D eigenvalue weighted by atomic mass is 16.5. The van der Waals surface area contributed by atoms with E-state index in [1.807, 2.05) is 0 Å². The first-order chi connectivity index (χ1) is 8.59. The number of nitrogens with zero attached hydrogens (tertiary/aromatic N) is 1. The highest BCUT2D eigenvalue weighted by Gasteiger charge is 2.46. The standard InChI is InChI=1S/C15H30N2O/c1-5-14(4)12-17(13-8-9-18-10-13)15(6-2,7-3)11-16-14/h13,16H,5-12H2,1-4H3. The van der Waals surface area contributed by atoms with E-state index in [0.717, 1.165) is 19.8 Å². The van der Waals surface area contributed by atoms with E-state index in [2.05, 4.69) is 37.9 Å². The molecule has 2 saturated heterocycles. The van der Waals surface area contributed by atoms with E-state index < -0.39 is 0 Å². The lowest BCUT2D eigenvalue weighted by atomic mass is 9.81. The summed E-state index contributed by atoms with van der Waals surface area (Å²) in [4.78, 5) is 2.78. The Hall–Kier alpha value is -0.120. The van der Waals surface area contributed by atoms with Crippen molar-refractivity contribution in [1.82, 2.24) is 10.2 Å². The SMILES string of the molecule is CCC1(C)CN(C2CCOC2)C(CC)(CC)CN1. The van der Waals surface area contributed by atoms with E-state index in [1.54, 1.807) is 0 Å². The molecule has 0 amide bonds. The van der Waals surface area contributed by atoms with Crippen LogP contribution in [0.4, 0.5) is 0 Å². The van der Waals surface area contributed by atoms with Gasteiger partial charge in [0.25, 0.3) is 0 Å². The molecule has 2 aliphatic rings. The highest BCUT2D eigenvalue weighted by Crippen LogP contribution is 2.34. The van der Waals surface area contributed by atoms with Gasteiger partial charge in [-0.1, -0.05) is 20.8 Å². The fourth-order valence-electron chi connectivity index (χ4n) is 3.51. The Balaban J connectivity index is 2.20. The van der Waals surface area contributed by atoms with Crippen LogP contribution in [-0.2, 0) is 4.74 Å². The van der Waals surface area contributed by atoms with E-state index in [-0.39, 0.29) is 5.54 Å². The normalized spacial score (nSPS) is 37.0. The summed E-state index contributed by atoms with van der Waals surface area (Å²) in [5.74, 6) is 0. The molecule has 0 aromatic heterocycles. The Bertz CT molecular complexity index is 272. The van der Waals surface area contributed by atoms with Crippen LogP contribution in [0.5, 0.6) is 0 Å². The lowest BCUT2D eigenvalue weighted by Crippen LogP contribution is -2.70.